The Hall–Kier alpha value is -1.22. The SMILES string of the molecule is CC1CCCCC1n1c(N)nc2cccc(Cl)c21. The van der Waals surface area contributed by atoms with Crippen LogP contribution in [0.25, 0.3) is 11.0 Å². The van der Waals surface area contributed by atoms with Crippen LogP contribution in [-0.2, 0) is 0 Å². The van der Waals surface area contributed by atoms with Gasteiger partial charge in [-0.1, -0.05) is 37.4 Å². The summed E-state index contributed by atoms with van der Waals surface area (Å²) in [6.07, 6.45) is 5.01. The van der Waals surface area contributed by atoms with E-state index in [0.717, 1.165) is 16.1 Å². The first-order chi connectivity index (χ1) is 8.68. The number of fused-ring (bicyclic) bond motifs is 1. The number of imidazole rings is 1. The van der Waals surface area contributed by atoms with Crippen molar-refractivity contribution in [3.05, 3.63) is 23.2 Å². The molecule has 0 aliphatic heterocycles. The molecule has 1 saturated carbocycles. The molecule has 0 bridgehead atoms. The third kappa shape index (κ3) is 1.77. The fourth-order valence-electron chi connectivity index (χ4n) is 3.14. The highest BCUT2D eigenvalue weighted by Gasteiger charge is 2.26. The van der Waals surface area contributed by atoms with Crippen LogP contribution in [0.15, 0.2) is 18.2 Å². The molecule has 1 heterocycles. The van der Waals surface area contributed by atoms with E-state index < -0.39 is 0 Å². The van der Waals surface area contributed by atoms with Crippen molar-refractivity contribution in [3.63, 3.8) is 0 Å². The Morgan fingerprint density at radius 1 is 1.33 bits per heavy atom. The van der Waals surface area contributed by atoms with Gasteiger partial charge in [-0.15, -0.1) is 0 Å². The van der Waals surface area contributed by atoms with E-state index in [4.69, 9.17) is 17.3 Å². The van der Waals surface area contributed by atoms with Gasteiger partial charge in [0.2, 0.25) is 5.95 Å². The summed E-state index contributed by atoms with van der Waals surface area (Å²) in [5.41, 5.74) is 8.00. The van der Waals surface area contributed by atoms with Crippen LogP contribution < -0.4 is 5.73 Å². The number of halogens is 1. The highest BCUT2D eigenvalue weighted by molar-refractivity contribution is 6.35. The molecule has 0 radical (unpaired) electrons. The van der Waals surface area contributed by atoms with Gasteiger partial charge in [0, 0.05) is 6.04 Å². The number of nitrogen functional groups attached to an aromatic ring is 1. The molecule has 0 amide bonds. The normalized spacial score (nSPS) is 24.6. The zero-order chi connectivity index (χ0) is 12.7. The van der Waals surface area contributed by atoms with Crippen molar-refractivity contribution in [2.45, 2.75) is 38.6 Å². The highest BCUT2D eigenvalue weighted by Crippen LogP contribution is 2.38. The molecule has 0 spiro atoms. The lowest BCUT2D eigenvalue weighted by atomic mass is 9.85. The van der Waals surface area contributed by atoms with Gasteiger partial charge < -0.3 is 10.3 Å². The van der Waals surface area contributed by atoms with Crippen molar-refractivity contribution in [1.82, 2.24) is 9.55 Å². The minimum Gasteiger partial charge on any atom is -0.369 e. The molecule has 2 aromatic rings. The Bertz CT molecular complexity index is 576. The maximum absolute atomic E-state index is 6.33. The Balaban J connectivity index is 2.18. The van der Waals surface area contributed by atoms with Crippen molar-refractivity contribution in [2.75, 3.05) is 5.73 Å². The second-order valence-corrected chi connectivity index (χ2v) is 5.68. The number of hydrogen-bond acceptors (Lipinski definition) is 2. The number of anilines is 1. The average Bonchev–Trinajstić information content (AvgIpc) is 2.68. The van der Waals surface area contributed by atoms with Crippen LogP contribution in [0.1, 0.15) is 38.6 Å². The van der Waals surface area contributed by atoms with Crippen LogP contribution in [0.2, 0.25) is 5.02 Å². The number of benzene rings is 1. The molecule has 2 N–H and O–H groups in total. The summed E-state index contributed by atoms with van der Waals surface area (Å²) in [5.74, 6) is 1.23. The molecular weight excluding hydrogens is 246 g/mol. The fraction of sp³-hybridized carbons (Fsp3) is 0.500. The molecule has 18 heavy (non-hydrogen) atoms. The standard InChI is InChI=1S/C14H18ClN3/c1-9-5-2-3-8-12(9)18-13-10(15)6-4-7-11(13)17-14(18)16/h4,6-7,9,12H,2-3,5,8H2,1H3,(H2,16,17). The number of aromatic nitrogens is 2. The van der Waals surface area contributed by atoms with E-state index in [-0.39, 0.29) is 0 Å². The first-order valence-corrected chi connectivity index (χ1v) is 6.98. The summed E-state index contributed by atoms with van der Waals surface area (Å²) < 4.78 is 2.15. The minimum absolute atomic E-state index is 0.434. The summed E-state index contributed by atoms with van der Waals surface area (Å²) in [6.45, 7) is 2.30. The third-order valence-corrected chi connectivity index (χ3v) is 4.39. The fourth-order valence-corrected chi connectivity index (χ4v) is 3.40. The van der Waals surface area contributed by atoms with Gasteiger partial charge in [-0.3, -0.25) is 0 Å². The van der Waals surface area contributed by atoms with Gasteiger partial charge in [-0.2, -0.15) is 0 Å². The Morgan fingerprint density at radius 2 is 2.11 bits per heavy atom. The first kappa shape index (κ1) is 11.8. The number of hydrogen-bond donors (Lipinski definition) is 1. The Kier molecular flexibility index (Phi) is 2.94. The summed E-state index contributed by atoms with van der Waals surface area (Å²) in [5, 5.41) is 0.745. The molecule has 1 fully saturated rings. The van der Waals surface area contributed by atoms with Crippen LogP contribution in [0, 0.1) is 5.92 Å². The molecule has 2 unspecified atom stereocenters. The van der Waals surface area contributed by atoms with Gasteiger partial charge in [0.05, 0.1) is 16.1 Å². The topological polar surface area (TPSA) is 43.8 Å². The molecule has 3 nitrogen and oxygen atoms in total. The van der Waals surface area contributed by atoms with E-state index in [2.05, 4.69) is 16.5 Å². The largest absolute Gasteiger partial charge is 0.369 e. The lowest BCUT2D eigenvalue weighted by Gasteiger charge is -2.31. The van der Waals surface area contributed by atoms with E-state index in [9.17, 15) is 0 Å². The summed E-state index contributed by atoms with van der Waals surface area (Å²) in [4.78, 5) is 4.44. The van der Waals surface area contributed by atoms with Gasteiger partial charge in [0.1, 0.15) is 0 Å². The summed E-state index contributed by atoms with van der Waals surface area (Å²) >= 11 is 6.33. The summed E-state index contributed by atoms with van der Waals surface area (Å²) in [7, 11) is 0. The van der Waals surface area contributed by atoms with Crippen molar-refractivity contribution in [3.8, 4) is 0 Å². The molecule has 3 rings (SSSR count). The lowest BCUT2D eigenvalue weighted by Crippen LogP contribution is -2.22. The van der Waals surface area contributed by atoms with Crippen LogP contribution in [0.5, 0.6) is 0 Å². The molecule has 1 aromatic carbocycles. The average molecular weight is 264 g/mol. The Labute approximate surface area is 112 Å². The smallest absolute Gasteiger partial charge is 0.201 e. The zero-order valence-electron chi connectivity index (χ0n) is 10.6. The molecule has 4 heteroatoms. The number of nitrogens with two attached hydrogens (primary N) is 1. The summed E-state index contributed by atoms with van der Waals surface area (Å²) in [6, 6.07) is 6.24. The predicted molar refractivity (Wildman–Crippen MR) is 75.8 cm³/mol. The molecule has 2 atom stereocenters. The number of para-hydroxylation sites is 1. The van der Waals surface area contributed by atoms with Crippen LogP contribution in [0.3, 0.4) is 0 Å². The predicted octanol–water partition coefficient (Wildman–Crippen LogP) is 4.02. The molecule has 96 valence electrons. The van der Waals surface area contributed by atoms with Crippen molar-refractivity contribution < 1.29 is 0 Å². The maximum Gasteiger partial charge on any atom is 0.201 e. The number of rotatable bonds is 1. The Morgan fingerprint density at radius 3 is 2.89 bits per heavy atom. The molecule has 0 saturated heterocycles. The van der Waals surface area contributed by atoms with Gasteiger partial charge in [0.15, 0.2) is 0 Å². The third-order valence-electron chi connectivity index (χ3n) is 4.09. The maximum atomic E-state index is 6.33. The molecular formula is C14H18ClN3. The molecule has 1 aliphatic rings. The van der Waals surface area contributed by atoms with E-state index in [0.29, 0.717) is 17.9 Å². The quantitative estimate of drug-likeness (QED) is 0.844. The van der Waals surface area contributed by atoms with Gasteiger partial charge in [0.25, 0.3) is 0 Å². The zero-order valence-corrected chi connectivity index (χ0v) is 11.3. The monoisotopic (exact) mass is 263 g/mol. The minimum atomic E-state index is 0.434. The van der Waals surface area contributed by atoms with E-state index >= 15 is 0 Å². The molecule has 1 aliphatic carbocycles. The first-order valence-electron chi connectivity index (χ1n) is 6.60. The molecule has 1 aromatic heterocycles. The van der Waals surface area contributed by atoms with Crippen molar-refractivity contribution in [2.24, 2.45) is 5.92 Å². The van der Waals surface area contributed by atoms with Crippen molar-refractivity contribution >= 4 is 28.6 Å². The van der Waals surface area contributed by atoms with Crippen LogP contribution >= 0.6 is 11.6 Å². The second-order valence-electron chi connectivity index (χ2n) is 5.28. The van der Waals surface area contributed by atoms with Gasteiger partial charge in [-0.25, -0.2) is 4.98 Å². The van der Waals surface area contributed by atoms with E-state index in [1.165, 1.54) is 25.7 Å². The second kappa shape index (κ2) is 4.47. The number of nitrogens with zero attached hydrogens (tertiary/aromatic N) is 2. The lowest BCUT2D eigenvalue weighted by molar-refractivity contribution is 0.264. The van der Waals surface area contributed by atoms with Crippen molar-refractivity contribution in [1.29, 1.82) is 0 Å². The van der Waals surface area contributed by atoms with Crippen LogP contribution in [0.4, 0.5) is 5.95 Å². The van der Waals surface area contributed by atoms with E-state index in [1.54, 1.807) is 0 Å². The van der Waals surface area contributed by atoms with Gasteiger partial charge >= 0.3 is 0 Å². The van der Waals surface area contributed by atoms with Crippen LogP contribution in [-0.4, -0.2) is 9.55 Å². The highest BCUT2D eigenvalue weighted by atomic mass is 35.5. The van der Waals surface area contributed by atoms with Gasteiger partial charge in [-0.05, 0) is 30.9 Å². The van der Waals surface area contributed by atoms with E-state index in [1.807, 2.05) is 18.2 Å².